The van der Waals surface area contributed by atoms with Gasteiger partial charge in [0.1, 0.15) is 11.6 Å². The van der Waals surface area contributed by atoms with Gasteiger partial charge in [0, 0.05) is 38.1 Å². The smallest absolute Gasteiger partial charge is 0.137 e. The predicted molar refractivity (Wildman–Crippen MR) is 78.5 cm³/mol. The molecule has 0 fully saturated rings. The van der Waals surface area contributed by atoms with Gasteiger partial charge < -0.3 is 10.3 Å². The Hall–Kier alpha value is -1.24. The lowest BCUT2D eigenvalue weighted by molar-refractivity contribution is 0.156. The van der Waals surface area contributed by atoms with Crippen LogP contribution in [0.15, 0.2) is 35.1 Å². The summed E-state index contributed by atoms with van der Waals surface area (Å²) in [4.78, 5) is 6.65. The van der Waals surface area contributed by atoms with E-state index in [4.69, 9.17) is 5.73 Å². The van der Waals surface area contributed by atoms with E-state index in [2.05, 4.69) is 30.4 Å². The lowest BCUT2D eigenvalue weighted by Crippen LogP contribution is -2.39. The van der Waals surface area contributed by atoms with Crippen LogP contribution < -0.4 is 5.73 Å². The summed E-state index contributed by atoms with van der Waals surface area (Å²) in [5, 5.41) is 0. The van der Waals surface area contributed by atoms with Gasteiger partial charge in [-0.05, 0) is 33.6 Å². The Morgan fingerprint density at radius 3 is 3.00 bits per heavy atom. The Labute approximate surface area is 125 Å². The minimum absolute atomic E-state index is 0.0809. The van der Waals surface area contributed by atoms with Gasteiger partial charge in [0.05, 0.1) is 11.0 Å². The molecule has 0 saturated heterocycles. The van der Waals surface area contributed by atoms with Gasteiger partial charge >= 0.3 is 0 Å². The Morgan fingerprint density at radius 1 is 1.40 bits per heavy atom. The number of halogens is 2. The zero-order chi connectivity index (χ0) is 14.1. The molecule has 0 bridgehead atoms. The first-order valence-corrected chi connectivity index (χ1v) is 7.37. The molecule has 0 aliphatic carbocycles. The minimum Gasteiger partial charge on any atom is -0.333 e. The van der Waals surface area contributed by atoms with Crippen molar-refractivity contribution in [1.29, 1.82) is 0 Å². The molecule has 1 unspecified atom stereocenters. The first kappa shape index (κ1) is 13.7. The van der Waals surface area contributed by atoms with Crippen LogP contribution in [0.1, 0.15) is 17.4 Å². The summed E-state index contributed by atoms with van der Waals surface area (Å²) < 4.78 is 16.0. The third-order valence-corrected chi connectivity index (χ3v) is 4.37. The van der Waals surface area contributed by atoms with Crippen molar-refractivity contribution in [2.75, 3.05) is 13.1 Å². The topological polar surface area (TPSA) is 47.1 Å². The Morgan fingerprint density at radius 2 is 2.25 bits per heavy atom. The number of nitrogens with zero attached hydrogens (tertiary/aromatic N) is 3. The monoisotopic (exact) mass is 338 g/mol. The number of benzene rings is 1. The number of nitrogens with two attached hydrogens (primary N) is 1. The Kier molecular flexibility index (Phi) is 3.87. The molecule has 0 saturated carbocycles. The van der Waals surface area contributed by atoms with E-state index >= 15 is 0 Å². The molecule has 2 N–H and O–H groups in total. The molecule has 0 radical (unpaired) electrons. The van der Waals surface area contributed by atoms with Crippen LogP contribution in [0.4, 0.5) is 4.39 Å². The summed E-state index contributed by atoms with van der Waals surface area (Å²) in [6.45, 7) is 3.09. The van der Waals surface area contributed by atoms with Crippen molar-refractivity contribution in [2.24, 2.45) is 5.73 Å². The largest absolute Gasteiger partial charge is 0.333 e. The standard InChI is InChI=1S/C14H16BrFN4/c15-11-7-10(1-2-12(11)16)13(8-17)20-6-5-19-4-3-18-14(19)9-20/h1-4,7,13H,5-6,8-9,17H2. The van der Waals surface area contributed by atoms with E-state index in [1.807, 2.05) is 18.5 Å². The van der Waals surface area contributed by atoms with Crippen molar-refractivity contribution in [3.63, 3.8) is 0 Å². The second kappa shape index (κ2) is 5.63. The third-order valence-electron chi connectivity index (χ3n) is 3.77. The van der Waals surface area contributed by atoms with Crippen LogP contribution in [-0.2, 0) is 13.1 Å². The second-order valence-corrected chi connectivity index (χ2v) is 5.79. The number of hydrogen-bond donors (Lipinski definition) is 1. The third kappa shape index (κ3) is 2.51. The fourth-order valence-electron chi connectivity index (χ4n) is 2.67. The molecule has 1 aliphatic heterocycles. The van der Waals surface area contributed by atoms with Gasteiger partial charge in [-0.15, -0.1) is 0 Å². The van der Waals surface area contributed by atoms with Crippen LogP contribution in [0.3, 0.4) is 0 Å². The second-order valence-electron chi connectivity index (χ2n) is 4.93. The highest BCUT2D eigenvalue weighted by Gasteiger charge is 2.24. The van der Waals surface area contributed by atoms with Crippen molar-refractivity contribution in [3.05, 3.63) is 52.3 Å². The highest BCUT2D eigenvalue weighted by molar-refractivity contribution is 9.10. The van der Waals surface area contributed by atoms with Gasteiger partial charge in [-0.3, -0.25) is 4.90 Å². The minimum atomic E-state index is -0.251. The number of rotatable bonds is 3. The van der Waals surface area contributed by atoms with Crippen molar-refractivity contribution < 1.29 is 4.39 Å². The summed E-state index contributed by atoms with van der Waals surface area (Å²) in [7, 11) is 0. The Bertz CT molecular complexity index is 613. The molecule has 2 aromatic rings. The number of imidazole rings is 1. The highest BCUT2D eigenvalue weighted by atomic mass is 79.9. The van der Waals surface area contributed by atoms with Crippen LogP contribution in [-0.4, -0.2) is 27.5 Å². The van der Waals surface area contributed by atoms with Gasteiger partial charge in [-0.25, -0.2) is 9.37 Å². The normalized spacial score (nSPS) is 16.9. The fraction of sp³-hybridized carbons (Fsp3) is 0.357. The van der Waals surface area contributed by atoms with E-state index in [0.29, 0.717) is 11.0 Å². The molecular weight excluding hydrogens is 323 g/mol. The molecule has 1 atom stereocenters. The molecule has 6 heteroatoms. The van der Waals surface area contributed by atoms with Gasteiger partial charge in [-0.2, -0.15) is 0 Å². The first-order chi connectivity index (χ1) is 9.69. The quantitative estimate of drug-likeness (QED) is 0.934. The molecule has 3 rings (SSSR count). The molecule has 106 valence electrons. The molecule has 4 nitrogen and oxygen atoms in total. The van der Waals surface area contributed by atoms with Crippen LogP contribution >= 0.6 is 15.9 Å². The van der Waals surface area contributed by atoms with Gasteiger partial charge in [0.15, 0.2) is 0 Å². The van der Waals surface area contributed by atoms with Crippen LogP contribution in [0, 0.1) is 5.82 Å². The van der Waals surface area contributed by atoms with E-state index < -0.39 is 0 Å². The zero-order valence-corrected chi connectivity index (χ0v) is 12.6. The maximum atomic E-state index is 13.4. The van der Waals surface area contributed by atoms with Crippen molar-refractivity contribution in [1.82, 2.24) is 14.5 Å². The molecule has 20 heavy (non-hydrogen) atoms. The lowest BCUT2D eigenvalue weighted by Gasteiger charge is -2.34. The van der Waals surface area contributed by atoms with Crippen LogP contribution in [0.5, 0.6) is 0 Å². The summed E-state index contributed by atoms with van der Waals surface area (Å²) in [5.74, 6) is 0.801. The summed E-state index contributed by atoms with van der Waals surface area (Å²) in [6.07, 6.45) is 3.82. The molecular formula is C14H16BrFN4. The molecule has 0 spiro atoms. The number of fused-ring (bicyclic) bond motifs is 1. The van der Waals surface area contributed by atoms with Crippen molar-refractivity contribution >= 4 is 15.9 Å². The van der Waals surface area contributed by atoms with E-state index in [9.17, 15) is 4.39 Å². The van der Waals surface area contributed by atoms with Gasteiger partial charge in [-0.1, -0.05) is 6.07 Å². The average Bonchev–Trinajstić information content (AvgIpc) is 2.91. The van der Waals surface area contributed by atoms with Crippen molar-refractivity contribution in [3.8, 4) is 0 Å². The first-order valence-electron chi connectivity index (χ1n) is 6.58. The maximum absolute atomic E-state index is 13.4. The van der Waals surface area contributed by atoms with Gasteiger partial charge in [0.25, 0.3) is 0 Å². The van der Waals surface area contributed by atoms with E-state index in [1.54, 1.807) is 6.07 Å². The lowest BCUT2D eigenvalue weighted by atomic mass is 10.0. The van der Waals surface area contributed by atoms with E-state index in [-0.39, 0.29) is 11.9 Å². The molecule has 1 aromatic carbocycles. The summed E-state index contributed by atoms with van der Waals surface area (Å²) in [6, 6.07) is 5.18. The van der Waals surface area contributed by atoms with Gasteiger partial charge in [0.2, 0.25) is 0 Å². The average molecular weight is 339 g/mol. The molecule has 1 aromatic heterocycles. The zero-order valence-electron chi connectivity index (χ0n) is 11.0. The van der Waals surface area contributed by atoms with Crippen LogP contribution in [0.25, 0.3) is 0 Å². The summed E-state index contributed by atoms with van der Waals surface area (Å²) in [5.41, 5.74) is 6.97. The molecule has 0 amide bonds. The fourth-order valence-corrected chi connectivity index (χ4v) is 3.07. The van der Waals surface area contributed by atoms with Crippen LogP contribution in [0.2, 0.25) is 0 Å². The highest BCUT2D eigenvalue weighted by Crippen LogP contribution is 2.27. The number of hydrogen-bond acceptors (Lipinski definition) is 3. The predicted octanol–water partition coefficient (Wildman–Crippen LogP) is 2.30. The summed E-state index contributed by atoms with van der Waals surface area (Å²) >= 11 is 3.24. The SMILES string of the molecule is NCC(c1ccc(F)c(Br)c1)N1CCn2ccnc2C1. The van der Waals surface area contributed by atoms with E-state index in [1.165, 1.54) is 6.07 Å². The maximum Gasteiger partial charge on any atom is 0.137 e. The number of aromatic nitrogens is 2. The molecule has 2 heterocycles. The Balaban J connectivity index is 1.85. The molecule has 1 aliphatic rings. The van der Waals surface area contributed by atoms with Crippen molar-refractivity contribution in [2.45, 2.75) is 19.1 Å². The van der Waals surface area contributed by atoms with E-state index in [0.717, 1.165) is 31.0 Å².